The van der Waals surface area contributed by atoms with E-state index in [2.05, 4.69) is 32.2 Å². The van der Waals surface area contributed by atoms with E-state index in [-0.39, 0.29) is 23.4 Å². The first kappa shape index (κ1) is 22.6. The molecule has 2 aromatic heterocycles. The van der Waals surface area contributed by atoms with Crippen LogP contribution in [0.1, 0.15) is 44.9 Å². The molecule has 1 saturated carbocycles. The Labute approximate surface area is 191 Å². The summed E-state index contributed by atoms with van der Waals surface area (Å²) in [6, 6.07) is 6.58. The summed E-state index contributed by atoms with van der Waals surface area (Å²) < 4.78 is 16.2. The van der Waals surface area contributed by atoms with Gasteiger partial charge in [-0.3, -0.25) is 0 Å². The van der Waals surface area contributed by atoms with E-state index in [9.17, 15) is 9.50 Å². The van der Waals surface area contributed by atoms with Crippen molar-refractivity contribution < 1.29 is 9.50 Å². The molecule has 1 fully saturated rings. The Morgan fingerprint density at radius 2 is 2.09 bits per heavy atom. The van der Waals surface area contributed by atoms with Gasteiger partial charge in [-0.05, 0) is 30.9 Å². The third kappa shape index (κ3) is 4.62. The molecule has 3 aromatic rings. The predicted molar refractivity (Wildman–Crippen MR) is 121 cm³/mol. The summed E-state index contributed by atoms with van der Waals surface area (Å²) in [7, 11) is 3.46. The van der Waals surface area contributed by atoms with Crippen LogP contribution in [0.5, 0.6) is 5.75 Å². The van der Waals surface area contributed by atoms with Crippen LogP contribution in [0, 0.1) is 17.2 Å². The molecule has 172 valence electrons. The summed E-state index contributed by atoms with van der Waals surface area (Å²) in [5, 5.41) is 32.2. The molecule has 9 nitrogen and oxygen atoms in total. The van der Waals surface area contributed by atoms with E-state index in [0.717, 1.165) is 25.7 Å². The third-order valence-electron chi connectivity index (χ3n) is 6.43. The Kier molecular flexibility index (Phi) is 6.49. The van der Waals surface area contributed by atoms with E-state index in [4.69, 9.17) is 5.26 Å². The standard InChI is InChI=1S/C23H27FN8O/c1-4-14-6-5-7-17(24)18(10-14)31(2)21-13-26-23(29-28-21)16-9-8-15(11-19(16)33)22-27-20(12-25)32(3)30-22/h8-9,11,13-14,17-18,33H,4-7,10H2,1-3H3/t14-,17+,18-/m1/s1. The van der Waals surface area contributed by atoms with Crippen LogP contribution >= 0.6 is 0 Å². The average molecular weight is 451 g/mol. The average Bonchev–Trinajstić information content (AvgIpc) is 3.10. The largest absolute Gasteiger partial charge is 0.507 e. The number of phenols is 1. The number of aromatic nitrogens is 6. The molecule has 0 bridgehead atoms. The zero-order valence-corrected chi connectivity index (χ0v) is 19.0. The van der Waals surface area contributed by atoms with Crippen molar-refractivity contribution in [1.29, 1.82) is 5.26 Å². The van der Waals surface area contributed by atoms with Gasteiger partial charge in [0.2, 0.25) is 5.82 Å². The number of hydrogen-bond acceptors (Lipinski definition) is 8. The SMILES string of the molecule is CC[C@@H]1CCC[C@H](F)[C@H](N(C)c2cnc(-c3ccc(-c4nc(C#N)n(C)n4)cc3O)nn2)C1. The fraction of sp³-hybridized carbons (Fsp3) is 0.478. The van der Waals surface area contributed by atoms with Gasteiger partial charge in [0.25, 0.3) is 0 Å². The smallest absolute Gasteiger partial charge is 0.231 e. The van der Waals surface area contributed by atoms with Gasteiger partial charge in [-0.1, -0.05) is 32.3 Å². The number of benzene rings is 1. The maximum Gasteiger partial charge on any atom is 0.231 e. The second-order valence-electron chi connectivity index (χ2n) is 8.50. The maximum atomic E-state index is 14.8. The van der Waals surface area contributed by atoms with Crippen LogP contribution in [-0.4, -0.2) is 54.3 Å². The highest BCUT2D eigenvalue weighted by molar-refractivity contribution is 5.70. The first-order chi connectivity index (χ1) is 15.9. The van der Waals surface area contributed by atoms with E-state index in [0.29, 0.717) is 35.1 Å². The molecule has 0 saturated heterocycles. The van der Waals surface area contributed by atoms with Crippen LogP contribution in [0.3, 0.4) is 0 Å². The van der Waals surface area contributed by atoms with Crippen molar-refractivity contribution in [2.75, 3.05) is 11.9 Å². The highest BCUT2D eigenvalue weighted by Crippen LogP contribution is 2.33. The monoisotopic (exact) mass is 450 g/mol. The minimum absolute atomic E-state index is 0.0558. The molecule has 2 heterocycles. The van der Waals surface area contributed by atoms with Crippen molar-refractivity contribution in [2.45, 2.75) is 51.2 Å². The van der Waals surface area contributed by atoms with Crippen molar-refractivity contribution in [3.05, 3.63) is 30.2 Å². The summed E-state index contributed by atoms with van der Waals surface area (Å²) in [5.74, 6) is 1.72. The Morgan fingerprint density at radius 1 is 1.27 bits per heavy atom. The van der Waals surface area contributed by atoms with E-state index in [1.54, 1.807) is 25.4 Å². The van der Waals surface area contributed by atoms with Crippen molar-refractivity contribution >= 4 is 5.82 Å². The lowest BCUT2D eigenvalue weighted by molar-refractivity contribution is 0.253. The minimum atomic E-state index is -0.911. The fourth-order valence-corrected chi connectivity index (χ4v) is 4.36. The van der Waals surface area contributed by atoms with Gasteiger partial charge in [0, 0.05) is 19.7 Å². The van der Waals surface area contributed by atoms with Crippen molar-refractivity contribution in [1.82, 2.24) is 29.9 Å². The summed E-state index contributed by atoms with van der Waals surface area (Å²) in [4.78, 5) is 10.4. The number of aromatic hydroxyl groups is 1. The normalized spacial score (nSPS) is 20.8. The summed E-state index contributed by atoms with van der Waals surface area (Å²) in [5.41, 5.74) is 0.964. The number of halogens is 1. The van der Waals surface area contributed by atoms with Crippen molar-refractivity contribution in [3.63, 3.8) is 0 Å². The highest BCUT2D eigenvalue weighted by atomic mass is 19.1. The second kappa shape index (κ2) is 9.48. The molecule has 0 radical (unpaired) electrons. The van der Waals surface area contributed by atoms with Gasteiger partial charge in [0.1, 0.15) is 18.0 Å². The molecule has 0 aliphatic heterocycles. The number of hydrogen-bond donors (Lipinski definition) is 1. The Morgan fingerprint density at radius 3 is 2.73 bits per heavy atom. The number of anilines is 1. The lowest BCUT2D eigenvalue weighted by atomic mass is 9.94. The molecule has 33 heavy (non-hydrogen) atoms. The Balaban J connectivity index is 1.54. The first-order valence-electron chi connectivity index (χ1n) is 11.1. The Bertz CT molecular complexity index is 1160. The van der Waals surface area contributed by atoms with E-state index in [1.165, 1.54) is 10.7 Å². The number of phenolic OH excluding ortho intramolecular Hbond substituents is 1. The molecule has 0 unspecified atom stereocenters. The molecule has 1 N–H and O–H groups in total. The van der Waals surface area contributed by atoms with Gasteiger partial charge in [-0.25, -0.2) is 14.1 Å². The van der Waals surface area contributed by atoms with E-state index < -0.39 is 6.17 Å². The van der Waals surface area contributed by atoms with Gasteiger partial charge >= 0.3 is 0 Å². The molecule has 3 atom stereocenters. The fourth-order valence-electron chi connectivity index (χ4n) is 4.36. The number of nitriles is 1. The maximum absolute atomic E-state index is 14.8. The van der Waals surface area contributed by atoms with Crippen molar-refractivity contribution in [2.24, 2.45) is 13.0 Å². The minimum Gasteiger partial charge on any atom is -0.507 e. The summed E-state index contributed by atoms with van der Waals surface area (Å²) in [6.07, 6.45) is 5.01. The molecule has 4 rings (SSSR count). The van der Waals surface area contributed by atoms with E-state index in [1.807, 2.05) is 18.0 Å². The predicted octanol–water partition coefficient (Wildman–Crippen LogP) is 3.65. The molecule has 1 aromatic carbocycles. The third-order valence-corrected chi connectivity index (χ3v) is 6.43. The number of rotatable bonds is 5. The lowest BCUT2D eigenvalue weighted by Gasteiger charge is -2.31. The van der Waals surface area contributed by atoms with Gasteiger partial charge < -0.3 is 10.0 Å². The van der Waals surface area contributed by atoms with Crippen LogP contribution < -0.4 is 4.90 Å². The molecule has 1 aliphatic rings. The Hall–Kier alpha value is -3.61. The van der Waals surface area contributed by atoms with Crippen molar-refractivity contribution in [3.8, 4) is 34.6 Å². The number of aryl methyl sites for hydroxylation is 1. The molecule has 1 aliphatic carbocycles. The van der Waals surface area contributed by atoms with Crippen LogP contribution in [0.15, 0.2) is 24.4 Å². The van der Waals surface area contributed by atoms with Crippen LogP contribution in [0.4, 0.5) is 10.2 Å². The number of nitrogens with zero attached hydrogens (tertiary/aromatic N) is 8. The van der Waals surface area contributed by atoms with Crippen LogP contribution in [-0.2, 0) is 7.05 Å². The molecule has 0 spiro atoms. The molecule has 10 heteroatoms. The topological polar surface area (TPSA) is 117 Å². The molecule has 0 amide bonds. The van der Waals surface area contributed by atoms with Gasteiger partial charge in [0.15, 0.2) is 17.5 Å². The quantitative estimate of drug-likeness (QED) is 0.586. The summed E-state index contributed by atoms with van der Waals surface area (Å²) in [6.45, 7) is 2.15. The zero-order valence-electron chi connectivity index (χ0n) is 19.0. The van der Waals surface area contributed by atoms with Gasteiger partial charge in [-0.15, -0.1) is 10.2 Å². The first-order valence-corrected chi connectivity index (χ1v) is 11.1. The molecular weight excluding hydrogens is 423 g/mol. The van der Waals surface area contributed by atoms with Crippen LogP contribution in [0.25, 0.3) is 22.8 Å². The molecular formula is C23H27FN8O. The second-order valence-corrected chi connectivity index (χ2v) is 8.50. The van der Waals surface area contributed by atoms with Gasteiger partial charge in [0.05, 0.1) is 17.8 Å². The number of alkyl halides is 1. The zero-order chi connectivity index (χ0) is 23.5. The van der Waals surface area contributed by atoms with Gasteiger partial charge in [-0.2, -0.15) is 15.3 Å². The van der Waals surface area contributed by atoms with Crippen LogP contribution in [0.2, 0.25) is 0 Å². The highest BCUT2D eigenvalue weighted by Gasteiger charge is 2.31. The lowest BCUT2D eigenvalue weighted by Crippen LogP contribution is -2.40. The van der Waals surface area contributed by atoms with E-state index >= 15 is 0 Å². The summed E-state index contributed by atoms with van der Waals surface area (Å²) >= 11 is 0.